The second-order valence-corrected chi connectivity index (χ2v) is 9.20. The summed E-state index contributed by atoms with van der Waals surface area (Å²) in [6.07, 6.45) is 1.10. The van der Waals surface area contributed by atoms with Crippen LogP contribution < -0.4 is 10.2 Å². The zero-order chi connectivity index (χ0) is 20.9. The van der Waals surface area contributed by atoms with Crippen molar-refractivity contribution < 1.29 is 9.59 Å². The number of nitrogens with zero attached hydrogens (tertiary/aromatic N) is 1. The fourth-order valence-electron chi connectivity index (χ4n) is 4.36. The number of para-hydroxylation sites is 2. The fraction of sp³-hybridized carbons (Fsp3) is 0.304. The largest absolute Gasteiger partial charge is 0.357 e. The highest BCUT2D eigenvalue weighted by Gasteiger charge is 2.43. The van der Waals surface area contributed by atoms with E-state index in [0.717, 1.165) is 11.4 Å². The number of allylic oxidation sites excluding steroid dienone is 1. The lowest BCUT2D eigenvalue weighted by molar-refractivity contribution is -0.118. The highest BCUT2D eigenvalue weighted by atomic mass is 35.5. The minimum Gasteiger partial charge on any atom is -0.357 e. The van der Waals surface area contributed by atoms with Crippen molar-refractivity contribution in [2.24, 2.45) is 5.41 Å². The molecular formula is C23H22Cl2N2O2. The van der Waals surface area contributed by atoms with E-state index in [-0.39, 0.29) is 17.1 Å². The van der Waals surface area contributed by atoms with E-state index < -0.39 is 6.04 Å². The van der Waals surface area contributed by atoms with Gasteiger partial charge in [0.25, 0.3) is 0 Å². The Hall–Kier alpha value is -2.30. The van der Waals surface area contributed by atoms with E-state index >= 15 is 0 Å². The Balaban J connectivity index is 2.05. The van der Waals surface area contributed by atoms with E-state index in [1.54, 1.807) is 17.0 Å². The normalized spacial score (nSPS) is 20.5. The second kappa shape index (κ2) is 7.19. The quantitative estimate of drug-likeness (QED) is 0.591. The van der Waals surface area contributed by atoms with Crippen molar-refractivity contribution in [1.82, 2.24) is 0 Å². The Kier molecular flexibility index (Phi) is 4.96. The SMILES string of the molecule is CC(=O)N1c2ccccc2NC2=C(C(=O)CC(C)(C)C2)[C@H]1c1cccc(Cl)c1Cl. The summed E-state index contributed by atoms with van der Waals surface area (Å²) >= 11 is 12.9. The van der Waals surface area contributed by atoms with Gasteiger partial charge in [0.15, 0.2) is 5.78 Å². The Morgan fingerprint density at radius 1 is 1.10 bits per heavy atom. The van der Waals surface area contributed by atoms with Gasteiger partial charge in [-0.1, -0.05) is 61.3 Å². The first kappa shape index (κ1) is 20.0. The van der Waals surface area contributed by atoms with E-state index in [1.807, 2.05) is 30.3 Å². The second-order valence-electron chi connectivity index (χ2n) is 8.41. The van der Waals surface area contributed by atoms with Gasteiger partial charge < -0.3 is 5.32 Å². The van der Waals surface area contributed by atoms with E-state index in [1.165, 1.54) is 6.92 Å². The van der Waals surface area contributed by atoms with Crippen molar-refractivity contribution in [2.75, 3.05) is 10.2 Å². The molecule has 1 amide bonds. The Bertz CT molecular complexity index is 1060. The lowest BCUT2D eigenvalue weighted by atomic mass is 9.73. The predicted octanol–water partition coefficient (Wildman–Crippen LogP) is 6.16. The maximum Gasteiger partial charge on any atom is 0.224 e. The predicted molar refractivity (Wildman–Crippen MR) is 117 cm³/mol. The van der Waals surface area contributed by atoms with E-state index in [2.05, 4.69) is 19.2 Å². The number of fused-ring (bicyclic) bond motifs is 1. The van der Waals surface area contributed by atoms with Crippen molar-refractivity contribution in [3.63, 3.8) is 0 Å². The number of anilines is 2. The van der Waals surface area contributed by atoms with Gasteiger partial charge in [0, 0.05) is 24.6 Å². The van der Waals surface area contributed by atoms with Gasteiger partial charge in [-0.3, -0.25) is 14.5 Å². The van der Waals surface area contributed by atoms with Crippen molar-refractivity contribution in [1.29, 1.82) is 0 Å². The Labute approximate surface area is 180 Å². The number of Topliss-reactive ketones (excluding diaryl/α,β-unsaturated/α-hetero) is 1. The molecule has 2 aromatic carbocycles. The Morgan fingerprint density at radius 3 is 2.55 bits per heavy atom. The van der Waals surface area contributed by atoms with Crippen molar-refractivity contribution >= 4 is 46.3 Å². The fourth-order valence-corrected chi connectivity index (χ4v) is 4.77. The molecule has 0 unspecified atom stereocenters. The summed E-state index contributed by atoms with van der Waals surface area (Å²) in [5, 5.41) is 4.20. The van der Waals surface area contributed by atoms with Crippen LogP contribution in [0.4, 0.5) is 11.4 Å². The van der Waals surface area contributed by atoms with Crippen LogP contribution in [0.1, 0.15) is 45.2 Å². The van der Waals surface area contributed by atoms with Crippen LogP contribution in [0, 0.1) is 5.41 Å². The molecule has 1 aliphatic carbocycles. The first-order valence-corrected chi connectivity index (χ1v) is 10.3. The number of amides is 1. The molecule has 4 rings (SSSR count). The summed E-state index contributed by atoms with van der Waals surface area (Å²) in [7, 11) is 0. The lowest BCUT2D eigenvalue weighted by Gasteiger charge is -2.37. The summed E-state index contributed by atoms with van der Waals surface area (Å²) in [5.74, 6) is -0.157. The van der Waals surface area contributed by atoms with Gasteiger partial charge in [-0.15, -0.1) is 0 Å². The van der Waals surface area contributed by atoms with Crippen LogP contribution in [-0.2, 0) is 9.59 Å². The molecule has 2 aliphatic rings. The molecule has 1 aliphatic heterocycles. The molecule has 1 N–H and O–H groups in total. The molecule has 1 heterocycles. The minimum atomic E-state index is -0.645. The topological polar surface area (TPSA) is 49.4 Å². The minimum absolute atomic E-state index is 0.0175. The third-order valence-electron chi connectivity index (χ3n) is 5.52. The zero-order valence-corrected chi connectivity index (χ0v) is 18.1. The van der Waals surface area contributed by atoms with Crippen LogP contribution in [0.15, 0.2) is 53.7 Å². The number of hydrogen-bond acceptors (Lipinski definition) is 3. The maximum atomic E-state index is 13.4. The molecule has 4 nitrogen and oxygen atoms in total. The number of benzene rings is 2. The summed E-state index contributed by atoms with van der Waals surface area (Å²) < 4.78 is 0. The average Bonchev–Trinajstić information content (AvgIpc) is 2.77. The number of hydrogen-bond donors (Lipinski definition) is 1. The van der Waals surface area contributed by atoms with Crippen LogP contribution in [-0.4, -0.2) is 11.7 Å². The van der Waals surface area contributed by atoms with E-state index in [9.17, 15) is 9.59 Å². The third-order valence-corrected chi connectivity index (χ3v) is 6.35. The van der Waals surface area contributed by atoms with Gasteiger partial charge in [-0.05, 0) is 35.6 Å². The number of rotatable bonds is 1. The first-order chi connectivity index (χ1) is 13.7. The number of carbonyl (C=O) groups is 2. The van der Waals surface area contributed by atoms with E-state index in [0.29, 0.717) is 39.7 Å². The molecule has 0 aromatic heterocycles. The summed E-state index contributed by atoms with van der Waals surface area (Å²) in [6.45, 7) is 5.67. The van der Waals surface area contributed by atoms with Gasteiger partial charge in [-0.25, -0.2) is 0 Å². The van der Waals surface area contributed by atoms with Crippen molar-refractivity contribution in [3.05, 3.63) is 69.3 Å². The molecule has 0 radical (unpaired) electrons. The number of halogens is 2. The molecule has 0 saturated carbocycles. The number of carbonyl (C=O) groups excluding carboxylic acids is 2. The molecule has 1 atom stereocenters. The summed E-state index contributed by atoms with van der Waals surface area (Å²) in [4.78, 5) is 27.9. The summed E-state index contributed by atoms with van der Waals surface area (Å²) in [6, 6.07) is 12.3. The highest BCUT2D eigenvalue weighted by molar-refractivity contribution is 6.42. The van der Waals surface area contributed by atoms with Gasteiger partial charge in [-0.2, -0.15) is 0 Å². The molecule has 150 valence electrons. The molecule has 6 heteroatoms. The molecule has 29 heavy (non-hydrogen) atoms. The first-order valence-electron chi connectivity index (χ1n) is 9.55. The van der Waals surface area contributed by atoms with Crippen LogP contribution in [0.5, 0.6) is 0 Å². The lowest BCUT2D eigenvalue weighted by Crippen LogP contribution is -2.38. The molecule has 0 saturated heterocycles. The maximum absolute atomic E-state index is 13.4. The molecule has 0 bridgehead atoms. The molecule has 0 spiro atoms. The van der Waals surface area contributed by atoms with Crippen molar-refractivity contribution in [3.8, 4) is 0 Å². The standard InChI is InChI=1S/C23H22Cl2N2O2/c1-13(28)27-18-10-5-4-9-16(18)26-17-11-23(2,3)12-19(29)20(17)22(27)14-7-6-8-15(24)21(14)25/h4-10,22,26H,11-12H2,1-3H3/t22-/m1/s1. The van der Waals surface area contributed by atoms with Gasteiger partial charge in [0.05, 0.1) is 27.5 Å². The molecule has 2 aromatic rings. The van der Waals surface area contributed by atoms with Crippen LogP contribution in [0.2, 0.25) is 10.0 Å². The van der Waals surface area contributed by atoms with Gasteiger partial charge in [0.1, 0.15) is 0 Å². The van der Waals surface area contributed by atoms with Crippen LogP contribution >= 0.6 is 23.2 Å². The number of nitrogens with one attached hydrogen (secondary N) is 1. The zero-order valence-electron chi connectivity index (χ0n) is 16.6. The highest BCUT2D eigenvalue weighted by Crippen LogP contribution is 2.49. The smallest absolute Gasteiger partial charge is 0.224 e. The number of ketones is 1. The van der Waals surface area contributed by atoms with Gasteiger partial charge >= 0.3 is 0 Å². The van der Waals surface area contributed by atoms with E-state index in [4.69, 9.17) is 23.2 Å². The molecule has 0 fully saturated rings. The average molecular weight is 429 g/mol. The third kappa shape index (κ3) is 3.45. The van der Waals surface area contributed by atoms with Crippen molar-refractivity contribution in [2.45, 2.75) is 39.7 Å². The Morgan fingerprint density at radius 2 is 1.83 bits per heavy atom. The van der Waals surface area contributed by atoms with Crippen LogP contribution in [0.25, 0.3) is 0 Å². The summed E-state index contributed by atoms with van der Waals surface area (Å²) in [5.41, 5.74) is 3.39. The molecular weight excluding hydrogens is 407 g/mol. The van der Waals surface area contributed by atoms with Gasteiger partial charge in [0.2, 0.25) is 5.91 Å². The monoisotopic (exact) mass is 428 g/mol. The van der Waals surface area contributed by atoms with Crippen LogP contribution in [0.3, 0.4) is 0 Å².